The van der Waals surface area contributed by atoms with E-state index in [2.05, 4.69) is 20.1 Å². The molecule has 0 aliphatic rings. The molecule has 0 saturated heterocycles. The van der Waals surface area contributed by atoms with Crippen LogP contribution in [-0.2, 0) is 0 Å². The summed E-state index contributed by atoms with van der Waals surface area (Å²) in [5.74, 6) is -1.90. The van der Waals surface area contributed by atoms with Crippen molar-refractivity contribution in [1.82, 2.24) is 24.7 Å². The fourth-order valence-electron chi connectivity index (χ4n) is 1.77. The van der Waals surface area contributed by atoms with Gasteiger partial charge in [-0.25, -0.2) is 13.5 Å². The van der Waals surface area contributed by atoms with Gasteiger partial charge in [-0.2, -0.15) is 20.1 Å². The van der Waals surface area contributed by atoms with E-state index < -0.39 is 11.6 Å². The normalized spacial score (nSPS) is 10.9. The third kappa shape index (κ3) is 2.47. The number of benzene rings is 1. The minimum absolute atomic E-state index is 0.0584. The second kappa shape index (κ2) is 5.17. The zero-order chi connectivity index (χ0) is 15.0. The van der Waals surface area contributed by atoms with Crippen molar-refractivity contribution in [2.45, 2.75) is 6.92 Å². The standard InChI is InChI=1S/C13H8ClF2N5/c1-7-3-4-8(10(16)9(7)15)11-18-12(14)20-13(19-11)21-6-2-5-17-21/h2-6H,1H3. The van der Waals surface area contributed by atoms with E-state index in [1.807, 2.05) is 0 Å². The lowest BCUT2D eigenvalue weighted by Crippen LogP contribution is -2.06. The van der Waals surface area contributed by atoms with Crippen LogP contribution in [0.2, 0.25) is 5.28 Å². The molecule has 8 heteroatoms. The number of nitrogens with zero attached hydrogens (tertiary/aromatic N) is 5. The second-order valence-electron chi connectivity index (χ2n) is 4.24. The maximum absolute atomic E-state index is 14.0. The van der Waals surface area contributed by atoms with Crippen molar-refractivity contribution in [2.24, 2.45) is 0 Å². The third-order valence-corrected chi connectivity index (χ3v) is 2.99. The first-order valence-corrected chi connectivity index (χ1v) is 6.30. The molecule has 3 aromatic rings. The van der Waals surface area contributed by atoms with Crippen molar-refractivity contribution < 1.29 is 8.78 Å². The summed E-state index contributed by atoms with van der Waals surface area (Å²) < 4.78 is 29.0. The van der Waals surface area contributed by atoms with Crippen LogP contribution in [0.4, 0.5) is 8.78 Å². The Bertz CT molecular complexity index is 805. The van der Waals surface area contributed by atoms with Crippen LogP contribution in [0.15, 0.2) is 30.6 Å². The molecule has 2 heterocycles. The molecule has 0 N–H and O–H groups in total. The van der Waals surface area contributed by atoms with Crippen LogP contribution in [-0.4, -0.2) is 24.7 Å². The Balaban J connectivity index is 2.18. The number of rotatable bonds is 2. The van der Waals surface area contributed by atoms with Crippen molar-refractivity contribution >= 4 is 11.6 Å². The lowest BCUT2D eigenvalue weighted by atomic mass is 10.1. The number of aryl methyl sites for hydroxylation is 1. The van der Waals surface area contributed by atoms with Gasteiger partial charge in [0.15, 0.2) is 17.5 Å². The summed E-state index contributed by atoms with van der Waals surface area (Å²) in [5.41, 5.74) is 0.111. The van der Waals surface area contributed by atoms with Gasteiger partial charge in [-0.3, -0.25) is 0 Å². The maximum Gasteiger partial charge on any atom is 0.255 e. The molecule has 0 atom stereocenters. The summed E-state index contributed by atoms with van der Waals surface area (Å²) in [6.45, 7) is 1.47. The fourth-order valence-corrected chi connectivity index (χ4v) is 1.92. The van der Waals surface area contributed by atoms with Crippen molar-refractivity contribution in [2.75, 3.05) is 0 Å². The molecular formula is C13H8ClF2N5. The highest BCUT2D eigenvalue weighted by molar-refractivity contribution is 6.28. The molecule has 5 nitrogen and oxygen atoms in total. The summed E-state index contributed by atoms with van der Waals surface area (Å²) in [4.78, 5) is 11.8. The molecule has 0 saturated carbocycles. The predicted octanol–water partition coefficient (Wildman–Crippen LogP) is 2.96. The van der Waals surface area contributed by atoms with Crippen LogP contribution >= 0.6 is 11.6 Å². The molecule has 1 aromatic carbocycles. The zero-order valence-corrected chi connectivity index (χ0v) is 11.5. The van der Waals surface area contributed by atoms with Gasteiger partial charge in [0.05, 0.1) is 5.56 Å². The Labute approximate surface area is 123 Å². The first kappa shape index (κ1) is 13.6. The molecule has 0 aliphatic heterocycles. The van der Waals surface area contributed by atoms with Gasteiger partial charge < -0.3 is 0 Å². The minimum Gasteiger partial charge on any atom is -0.206 e. The molecule has 0 amide bonds. The van der Waals surface area contributed by atoms with Crippen LogP contribution in [0, 0.1) is 18.6 Å². The molecule has 2 aromatic heterocycles. The highest BCUT2D eigenvalue weighted by Gasteiger charge is 2.17. The molecule has 0 bridgehead atoms. The maximum atomic E-state index is 14.0. The summed E-state index contributed by atoms with van der Waals surface area (Å²) in [6, 6.07) is 4.51. The van der Waals surface area contributed by atoms with Crippen molar-refractivity contribution in [3.05, 3.63) is 53.1 Å². The van der Waals surface area contributed by atoms with E-state index >= 15 is 0 Å². The highest BCUT2D eigenvalue weighted by Crippen LogP contribution is 2.24. The van der Waals surface area contributed by atoms with E-state index in [1.54, 1.807) is 12.3 Å². The van der Waals surface area contributed by atoms with Gasteiger partial charge in [-0.1, -0.05) is 6.07 Å². The average molecular weight is 308 g/mol. The number of hydrogen-bond acceptors (Lipinski definition) is 4. The van der Waals surface area contributed by atoms with E-state index in [1.165, 1.54) is 29.9 Å². The van der Waals surface area contributed by atoms with Gasteiger partial charge in [-0.05, 0) is 36.2 Å². The Morgan fingerprint density at radius 3 is 2.62 bits per heavy atom. The second-order valence-corrected chi connectivity index (χ2v) is 4.57. The van der Waals surface area contributed by atoms with Gasteiger partial charge in [0.1, 0.15) is 0 Å². The fraction of sp³-hybridized carbons (Fsp3) is 0.0769. The summed E-state index contributed by atoms with van der Waals surface area (Å²) in [7, 11) is 0. The van der Waals surface area contributed by atoms with Gasteiger partial charge >= 0.3 is 0 Å². The molecule has 21 heavy (non-hydrogen) atoms. The van der Waals surface area contributed by atoms with Crippen molar-refractivity contribution in [3.63, 3.8) is 0 Å². The number of halogens is 3. The monoisotopic (exact) mass is 307 g/mol. The smallest absolute Gasteiger partial charge is 0.206 e. The third-order valence-electron chi connectivity index (χ3n) is 2.82. The number of hydrogen-bond donors (Lipinski definition) is 0. The molecule has 0 unspecified atom stereocenters. The van der Waals surface area contributed by atoms with Crippen LogP contribution in [0.3, 0.4) is 0 Å². The molecule has 106 valence electrons. The first-order valence-electron chi connectivity index (χ1n) is 5.93. The zero-order valence-electron chi connectivity index (χ0n) is 10.8. The highest BCUT2D eigenvalue weighted by atomic mass is 35.5. The quantitative estimate of drug-likeness (QED) is 0.730. The lowest BCUT2D eigenvalue weighted by Gasteiger charge is -2.07. The summed E-state index contributed by atoms with van der Waals surface area (Å²) >= 11 is 5.82. The van der Waals surface area contributed by atoms with E-state index in [-0.39, 0.29) is 28.2 Å². The van der Waals surface area contributed by atoms with Crippen LogP contribution in [0.25, 0.3) is 17.3 Å². The summed E-state index contributed by atoms with van der Waals surface area (Å²) in [5, 5.41) is 3.82. The Morgan fingerprint density at radius 2 is 1.90 bits per heavy atom. The van der Waals surface area contributed by atoms with Gasteiger partial charge in [0.2, 0.25) is 5.28 Å². The van der Waals surface area contributed by atoms with Gasteiger partial charge in [-0.15, -0.1) is 0 Å². The van der Waals surface area contributed by atoms with Gasteiger partial charge in [0, 0.05) is 12.4 Å². The SMILES string of the molecule is Cc1ccc(-c2nc(Cl)nc(-n3cccn3)n2)c(F)c1F. The molecule has 3 rings (SSSR count). The molecule has 0 aliphatic carbocycles. The van der Waals surface area contributed by atoms with Crippen molar-refractivity contribution in [3.8, 4) is 17.3 Å². The van der Waals surface area contributed by atoms with Crippen molar-refractivity contribution in [1.29, 1.82) is 0 Å². The molecular weight excluding hydrogens is 300 g/mol. The number of aromatic nitrogens is 5. The van der Waals surface area contributed by atoms with Crippen LogP contribution < -0.4 is 0 Å². The molecule has 0 radical (unpaired) electrons. The molecule has 0 fully saturated rings. The Hall–Kier alpha value is -2.41. The predicted molar refractivity (Wildman–Crippen MR) is 72.0 cm³/mol. The largest absolute Gasteiger partial charge is 0.255 e. The molecule has 0 spiro atoms. The van der Waals surface area contributed by atoms with Crippen LogP contribution in [0.5, 0.6) is 0 Å². The van der Waals surface area contributed by atoms with E-state index in [9.17, 15) is 8.78 Å². The topological polar surface area (TPSA) is 56.5 Å². The minimum atomic E-state index is -1.02. The van der Waals surface area contributed by atoms with E-state index in [4.69, 9.17) is 11.6 Å². The van der Waals surface area contributed by atoms with Gasteiger partial charge in [0.25, 0.3) is 5.95 Å². The first-order chi connectivity index (χ1) is 10.1. The summed E-state index contributed by atoms with van der Waals surface area (Å²) in [6.07, 6.45) is 3.13. The lowest BCUT2D eigenvalue weighted by molar-refractivity contribution is 0.505. The average Bonchev–Trinajstić information content (AvgIpc) is 2.98. The Kier molecular flexibility index (Phi) is 3.34. The van der Waals surface area contributed by atoms with E-state index in [0.29, 0.717) is 0 Å². The van der Waals surface area contributed by atoms with Crippen LogP contribution in [0.1, 0.15) is 5.56 Å². The Morgan fingerprint density at radius 1 is 1.10 bits per heavy atom. The van der Waals surface area contributed by atoms with E-state index in [0.717, 1.165) is 0 Å².